The summed E-state index contributed by atoms with van der Waals surface area (Å²) in [5, 5.41) is 12.9. The maximum atomic E-state index is 12.7. The summed E-state index contributed by atoms with van der Waals surface area (Å²) < 4.78 is 11.7. The minimum atomic E-state index is -0.237. The molecule has 0 unspecified atom stereocenters. The second-order valence-corrected chi connectivity index (χ2v) is 7.02. The number of ether oxygens (including phenoxy) is 2. The lowest BCUT2D eigenvalue weighted by Gasteiger charge is -2.30. The number of likely N-dealkylation sites (N-methyl/N-ethyl adjacent to an activating group) is 1. The fraction of sp³-hybridized carbons (Fsp3) is 0.300. The van der Waals surface area contributed by atoms with Crippen LogP contribution in [0.1, 0.15) is 6.92 Å². The number of aromatic nitrogens is 4. The molecule has 0 aliphatic carbocycles. The highest BCUT2D eigenvalue weighted by molar-refractivity contribution is 6.30. The quantitative estimate of drug-likeness (QED) is 0.618. The van der Waals surface area contributed by atoms with Crippen molar-refractivity contribution in [3.63, 3.8) is 0 Å². The maximum absolute atomic E-state index is 12.7. The van der Waals surface area contributed by atoms with E-state index in [0.717, 1.165) is 11.3 Å². The van der Waals surface area contributed by atoms with Crippen LogP contribution in [-0.4, -0.2) is 56.8 Å². The van der Waals surface area contributed by atoms with E-state index in [4.69, 9.17) is 21.1 Å². The van der Waals surface area contributed by atoms with Crippen molar-refractivity contribution in [2.24, 2.45) is 0 Å². The summed E-state index contributed by atoms with van der Waals surface area (Å²) in [6, 6.07) is 14.7. The summed E-state index contributed by atoms with van der Waals surface area (Å²) in [7, 11) is 0. The van der Waals surface area contributed by atoms with Crippen LogP contribution >= 0.6 is 11.6 Å². The summed E-state index contributed by atoms with van der Waals surface area (Å²) in [5.41, 5.74) is 0.745. The van der Waals surface area contributed by atoms with Gasteiger partial charge in [0.1, 0.15) is 13.2 Å². The van der Waals surface area contributed by atoms with E-state index in [2.05, 4.69) is 15.4 Å². The Morgan fingerprint density at radius 2 is 2.07 bits per heavy atom. The van der Waals surface area contributed by atoms with Gasteiger partial charge in [-0.25, -0.2) is 0 Å². The topological polar surface area (TPSA) is 82.4 Å². The first kappa shape index (κ1) is 19.2. The Balaban J connectivity index is 1.38. The molecule has 2 heterocycles. The van der Waals surface area contributed by atoms with Gasteiger partial charge in [0.15, 0.2) is 17.6 Å². The zero-order valence-corrected chi connectivity index (χ0v) is 16.6. The molecule has 1 aliphatic heterocycles. The number of hydrogen-bond acceptors (Lipinski definition) is 6. The number of fused-ring (bicyclic) bond motifs is 1. The zero-order chi connectivity index (χ0) is 20.2. The van der Waals surface area contributed by atoms with Crippen molar-refractivity contribution in [2.75, 3.05) is 19.7 Å². The Hall–Kier alpha value is -3.13. The summed E-state index contributed by atoms with van der Waals surface area (Å²) >= 11 is 6.00. The van der Waals surface area contributed by atoms with Gasteiger partial charge in [0, 0.05) is 17.1 Å². The van der Waals surface area contributed by atoms with E-state index in [1.54, 1.807) is 17.0 Å². The van der Waals surface area contributed by atoms with E-state index < -0.39 is 0 Å². The average Bonchev–Trinajstić information content (AvgIpc) is 3.20. The lowest BCUT2D eigenvalue weighted by molar-refractivity contribution is -0.133. The number of tetrazole rings is 1. The molecule has 2 aromatic carbocycles. The number of benzene rings is 2. The molecular formula is C20H20ClN5O3. The lowest BCUT2D eigenvalue weighted by Crippen LogP contribution is -2.44. The van der Waals surface area contributed by atoms with Gasteiger partial charge in [-0.2, -0.15) is 4.80 Å². The third-order valence-corrected chi connectivity index (χ3v) is 4.77. The third-order valence-electron chi connectivity index (χ3n) is 4.54. The van der Waals surface area contributed by atoms with Gasteiger partial charge in [0.2, 0.25) is 11.7 Å². The molecule has 1 atom stereocenters. The van der Waals surface area contributed by atoms with Gasteiger partial charge in [-0.05, 0) is 36.4 Å². The number of rotatable bonds is 6. The van der Waals surface area contributed by atoms with E-state index in [-0.39, 0.29) is 18.6 Å². The number of carbonyl (C=O) groups is 1. The second kappa shape index (κ2) is 8.48. The summed E-state index contributed by atoms with van der Waals surface area (Å²) in [6.45, 7) is 3.25. The molecule has 1 amide bonds. The van der Waals surface area contributed by atoms with Crippen molar-refractivity contribution < 1.29 is 14.3 Å². The molecular weight excluding hydrogens is 394 g/mol. The number of halogens is 1. The first-order chi connectivity index (χ1) is 14.1. The van der Waals surface area contributed by atoms with E-state index in [0.29, 0.717) is 36.3 Å². The molecule has 0 fully saturated rings. The second-order valence-electron chi connectivity index (χ2n) is 6.58. The van der Waals surface area contributed by atoms with Crippen molar-refractivity contribution in [1.29, 1.82) is 0 Å². The molecule has 1 aromatic heterocycles. The van der Waals surface area contributed by atoms with Crippen molar-refractivity contribution in [3.05, 3.63) is 53.6 Å². The summed E-state index contributed by atoms with van der Waals surface area (Å²) in [6.07, 6.45) is -0.237. The highest BCUT2D eigenvalue weighted by Crippen LogP contribution is 2.31. The number of carbonyl (C=O) groups excluding carboxylic acids is 1. The molecule has 8 nitrogen and oxygen atoms in total. The molecule has 0 N–H and O–H groups in total. The largest absolute Gasteiger partial charge is 0.486 e. The molecule has 150 valence electrons. The predicted molar refractivity (Wildman–Crippen MR) is 107 cm³/mol. The van der Waals surface area contributed by atoms with Gasteiger partial charge >= 0.3 is 0 Å². The van der Waals surface area contributed by atoms with Crippen LogP contribution in [0.5, 0.6) is 11.5 Å². The number of amides is 1. The first-order valence-corrected chi connectivity index (χ1v) is 9.70. The fourth-order valence-corrected chi connectivity index (χ4v) is 3.27. The van der Waals surface area contributed by atoms with Crippen molar-refractivity contribution in [3.8, 4) is 22.9 Å². The molecule has 0 spiro atoms. The van der Waals surface area contributed by atoms with Crippen molar-refractivity contribution >= 4 is 17.5 Å². The third kappa shape index (κ3) is 4.48. The Morgan fingerprint density at radius 3 is 2.86 bits per heavy atom. The van der Waals surface area contributed by atoms with Crippen LogP contribution in [0.25, 0.3) is 11.4 Å². The Morgan fingerprint density at radius 1 is 1.24 bits per heavy atom. The first-order valence-electron chi connectivity index (χ1n) is 9.32. The molecule has 1 aliphatic rings. The number of hydrogen-bond donors (Lipinski definition) is 0. The average molecular weight is 414 g/mol. The van der Waals surface area contributed by atoms with Gasteiger partial charge in [-0.1, -0.05) is 35.9 Å². The van der Waals surface area contributed by atoms with Crippen molar-refractivity contribution in [1.82, 2.24) is 25.1 Å². The Labute approximate surface area is 173 Å². The standard InChI is InChI=1S/C20H20ClN5O3/c1-2-25(11-16-13-28-17-8-3-4-9-18(17)29-16)19(27)12-26-23-20(22-24-26)14-6-5-7-15(21)10-14/h3-10,16H,2,11-13H2,1H3/t16-/m1/s1. The van der Waals surface area contributed by atoms with E-state index in [1.165, 1.54) is 4.80 Å². The molecule has 0 saturated carbocycles. The predicted octanol–water partition coefficient (Wildman–Crippen LogP) is 2.68. The fourth-order valence-electron chi connectivity index (χ4n) is 3.08. The van der Waals surface area contributed by atoms with Crippen LogP contribution in [0.15, 0.2) is 48.5 Å². The normalized spacial score (nSPS) is 15.2. The number of nitrogens with zero attached hydrogens (tertiary/aromatic N) is 5. The highest BCUT2D eigenvalue weighted by atomic mass is 35.5. The SMILES string of the molecule is CCN(C[C@@H]1COc2ccccc2O1)C(=O)Cn1nnc(-c2cccc(Cl)c2)n1. The Bertz CT molecular complexity index is 1010. The molecule has 4 rings (SSSR count). The van der Waals surface area contributed by atoms with Gasteiger partial charge in [-0.15, -0.1) is 10.2 Å². The van der Waals surface area contributed by atoms with E-state index >= 15 is 0 Å². The minimum absolute atomic E-state index is 0.00836. The molecule has 3 aromatic rings. The van der Waals surface area contributed by atoms with E-state index in [1.807, 2.05) is 43.3 Å². The maximum Gasteiger partial charge on any atom is 0.246 e. The van der Waals surface area contributed by atoms with Crippen LogP contribution in [0, 0.1) is 0 Å². The molecule has 0 bridgehead atoms. The van der Waals surface area contributed by atoms with Crippen LogP contribution < -0.4 is 9.47 Å². The van der Waals surface area contributed by atoms with Gasteiger partial charge in [0.25, 0.3) is 0 Å². The monoisotopic (exact) mass is 413 g/mol. The molecule has 9 heteroatoms. The number of para-hydroxylation sites is 2. The van der Waals surface area contributed by atoms with E-state index in [9.17, 15) is 4.79 Å². The van der Waals surface area contributed by atoms with Crippen LogP contribution in [0.2, 0.25) is 5.02 Å². The minimum Gasteiger partial charge on any atom is -0.486 e. The van der Waals surface area contributed by atoms with Crippen molar-refractivity contribution in [2.45, 2.75) is 19.6 Å². The van der Waals surface area contributed by atoms with Crippen LogP contribution in [0.4, 0.5) is 0 Å². The van der Waals surface area contributed by atoms with Gasteiger partial charge in [0.05, 0.1) is 6.54 Å². The summed E-state index contributed by atoms with van der Waals surface area (Å²) in [5.74, 6) is 1.71. The Kier molecular flexibility index (Phi) is 5.62. The molecule has 0 saturated heterocycles. The summed E-state index contributed by atoms with van der Waals surface area (Å²) in [4.78, 5) is 15.7. The molecule has 29 heavy (non-hydrogen) atoms. The highest BCUT2D eigenvalue weighted by Gasteiger charge is 2.25. The van der Waals surface area contributed by atoms with Gasteiger partial charge < -0.3 is 14.4 Å². The van der Waals surface area contributed by atoms with Gasteiger partial charge in [-0.3, -0.25) is 4.79 Å². The van der Waals surface area contributed by atoms with Crippen LogP contribution in [-0.2, 0) is 11.3 Å². The molecule has 0 radical (unpaired) electrons. The van der Waals surface area contributed by atoms with Crippen LogP contribution in [0.3, 0.4) is 0 Å². The smallest absolute Gasteiger partial charge is 0.246 e. The lowest BCUT2D eigenvalue weighted by atomic mass is 10.2. The zero-order valence-electron chi connectivity index (χ0n) is 15.9.